The van der Waals surface area contributed by atoms with E-state index in [1.165, 1.54) is 24.3 Å². The molecule has 0 fully saturated rings. The molecule has 2 aromatic carbocycles. The van der Waals surface area contributed by atoms with E-state index in [-0.39, 0.29) is 33.6 Å². The summed E-state index contributed by atoms with van der Waals surface area (Å²) < 4.78 is 0. The second kappa shape index (κ2) is 4.39. The quantitative estimate of drug-likeness (QED) is 0.400. The monoisotopic (exact) mass is 297 g/mol. The first kappa shape index (κ1) is 13.7. The minimum Gasteiger partial charge on any atom is -0.398 e. The molecule has 0 saturated carbocycles. The van der Waals surface area contributed by atoms with Crippen molar-refractivity contribution in [3.8, 4) is 0 Å². The molecule has 3 rings (SSSR count). The van der Waals surface area contributed by atoms with Crippen molar-refractivity contribution in [2.45, 2.75) is 6.92 Å². The Morgan fingerprint density at radius 1 is 1.05 bits per heavy atom. The van der Waals surface area contributed by atoms with Gasteiger partial charge in [-0.05, 0) is 24.6 Å². The van der Waals surface area contributed by atoms with E-state index in [0.29, 0.717) is 5.56 Å². The zero-order valence-electron chi connectivity index (χ0n) is 11.5. The van der Waals surface area contributed by atoms with E-state index in [9.17, 15) is 19.7 Å². The number of nitro groups is 1. The number of benzene rings is 2. The van der Waals surface area contributed by atoms with Crippen molar-refractivity contribution in [3.05, 3.63) is 62.2 Å². The first-order valence-corrected chi connectivity index (χ1v) is 6.40. The number of anilines is 2. The number of rotatable bonds is 1. The van der Waals surface area contributed by atoms with Crippen molar-refractivity contribution in [2.75, 3.05) is 11.5 Å². The molecule has 0 radical (unpaired) electrons. The van der Waals surface area contributed by atoms with Crippen LogP contribution in [0.5, 0.6) is 0 Å². The Labute approximate surface area is 124 Å². The number of fused-ring (bicyclic) bond motifs is 2. The maximum Gasteiger partial charge on any atom is 0.281 e. The summed E-state index contributed by atoms with van der Waals surface area (Å²) in [6.07, 6.45) is 0. The van der Waals surface area contributed by atoms with Gasteiger partial charge in [0.2, 0.25) is 5.78 Å². The first-order chi connectivity index (χ1) is 10.3. The maximum absolute atomic E-state index is 12.7. The standard InChI is InChI=1S/C15H11N3O4/c1-6-5-8(16)11-12(13(6)17)14(19)7-3-2-4-9(18(21)22)10(7)15(11)20/h2-5H,16-17H2,1H3. The summed E-state index contributed by atoms with van der Waals surface area (Å²) in [4.78, 5) is 35.8. The molecule has 0 atom stereocenters. The van der Waals surface area contributed by atoms with Gasteiger partial charge in [-0.25, -0.2) is 0 Å². The summed E-state index contributed by atoms with van der Waals surface area (Å²) >= 11 is 0. The van der Waals surface area contributed by atoms with E-state index in [0.717, 1.165) is 0 Å². The van der Waals surface area contributed by atoms with Crippen LogP contribution in [0.15, 0.2) is 24.3 Å². The van der Waals surface area contributed by atoms with Gasteiger partial charge in [0.1, 0.15) is 5.56 Å². The van der Waals surface area contributed by atoms with Gasteiger partial charge in [-0.15, -0.1) is 0 Å². The summed E-state index contributed by atoms with van der Waals surface area (Å²) in [5.41, 5.74) is 11.9. The molecular weight excluding hydrogens is 286 g/mol. The minimum atomic E-state index is -0.692. The fourth-order valence-electron chi connectivity index (χ4n) is 2.72. The third-order valence-corrected chi connectivity index (χ3v) is 3.77. The average Bonchev–Trinajstić information content (AvgIpc) is 2.47. The molecule has 22 heavy (non-hydrogen) atoms. The molecule has 1 aliphatic rings. The molecule has 7 nitrogen and oxygen atoms in total. The molecular formula is C15H11N3O4. The smallest absolute Gasteiger partial charge is 0.281 e. The van der Waals surface area contributed by atoms with E-state index in [1.807, 2.05) is 0 Å². The number of carbonyl (C=O) groups is 2. The lowest BCUT2D eigenvalue weighted by Crippen LogP contribution is -2.25. The van der Waals surface area contributed by atoms with Crippen LogP contribution in [0.4, 0.5) is 17.1 Å². The molecule has 0 heterocycles. The van der Waals surface area contributed by atoms with Gasteiger partial charge < -0.3 is 11.5 Å². The zero-order valence-corrected chi connectivity index (χ0v) is 11.5. The second-order valence-electron chi connectivity index (χ2n) is 5.06. The fraction of sp³-hybridized carbons (Fsp3) is 0.0667. The molecule has 0 saturated heterocycles. The van der Waals surface area contributed by atoms with Crippen LogP contribution in [0.25, 0.3) is 0 Å². The lowest BCUT2D eigenvalue weighted by Gasteiger charge is -2.21. The van der Waals surface area contributed by atoms with Crippen molar-refractivity contribution in [3.63, 3.8) is 0 Å². The highest BCUT2D eigenvalue weighted by Gasteiger charge is 2.38. The topological polar surface area (TPSA) is 129 Å². The zero-order chi connectivity index (χ0) is 16.2. The number of nitrogens with two attached hydrogens (primary N) is 2. The van der Waals surface area contributed by atoms with Crippen molar-refractivity contribution in [2.24, 2.45) is 0 Å². The molecule has 0 aliphatic heterocycles. The number of nitrogens with zero attached hydrogens (tertiary/aromatic N) is 1. The SMILES string of the molecule is Cc1cc(N)c2c(c1N)C(=O)c1cccc([N+](=O)[O-])c1C2=O. The predicted octanol–water partition coefficient (Wildman–Crippen LogP) is 1.84. The van der Waals surface area contributed by atoms with E-state index >= 15 is 0 Å². The minimum absolute atomic E-state index is 0.0236. The average molecular weight is 297 g/mol. The van der Waals surface area contributed by atoms with Crippen LogP contribution in [0.2, 0.25) is 0 Å². The van der Waals surface area contributed by atoms with Crippen LogP contribution in [-0.2, 0) is 0 Å². The summed E-state index contributed by atoms with van der Waals surface area (Å²) in [5.74, 6) is -1.18. The molecule has 4 N–H and O–H groups in total. The van der Waals surface area contributed by atoms with Crippen molar-refractivity contribution in [1.29, 1.82) is 0 Å². The number of carbonyl (C=O) groups excluding carboxylic acids is 2. The van der Waals surface area contributed by atoms with Crippen molar-refractivity contribution < 1.29 is 14.5 Å². The lowest BCUT2D eigenvalue weighted by molar-refractivity contribution is -0.385. The Bertz CT molecular complexity index is 887. The van der Waals surface area contributed by atoms with Gasteiger partial charge in [-0.1, -0.05) is 6.07 Å². The first-order valence-electron chi connectivity index (χ1n) is 6.40. The summed E-state index contributed by atoms with van der Waals surface area (Å²) in [6, 6.07) is 5.41. The highest BCUT2D eigenvalue weighted by molar-refractivity contribution is 6.33. The highest BCUT2D eigenvalue weighted by atomic mass is 16.6. The normalized spacial score (nSPS) is 12.8. The van der Waals surface area contributed by atoms with Gasteiger partial charge >= 0.3 is 0 Å². The van der Waals surface area contributed by atoms with E-state index < -0.39 is 22.2 Å². The Morgan fingerprint density at radius 3 is 2.36 bits per heavy atom. The summed E-state index contributed by atoms with van der Waals surface area (Å²) in [6.45, 7) is 1.67. The van der Waals surface area contributed by atoms with Crippen molar-refractivity contribution in [1.82, 2.24) is 0 Å². The molecule has 0 aromatic heterocycles. The number of nitro benzene ring substituents is 1. The van der Waals surface area contributed by atoms with Crippen LogP contribution in [0, 0.1) is 17.0 Å². The van der Waals surface area contributed by atoms with Gasteiger partial charge in [0.05, 0.1) is 16.1 Å². The predicted molar refractivity (Wildman–Crippen MR) is 80.0 cm³/mol. The molecule has 0 bridgehead atoms. The van der Waals surface area contributed by atoms with Gasteiger partial charge in [0.25, 0.3) is 5.69 Å². The molecule has 110 valence electrons. The Morgan fingerprint density at radius 2 is 1.73 bits per heavy atom. The van der Waals surface area contributed by atoms with Crippen LogP contribution in [0.3, 0.4) is 0 Å². The molecule has 1 aliphatic carbocycles. The fourth-order valence-corrected chi connectivity index (χ4v) is 2.72. The molecule has 0 amide bonds. The number of hydrogen-bond acceptors (Lipinski definition) is 6. The Balaban J connectivity index is 2.43. The number of nitrogen functional groups attached to an aromatic ring is 2. The second-order valence-corrected chi connectivity index (χ2v) is 5.06. The summed E-state index contributed by atoms with van der Waals surface area (Å²) in [5, 5.41) is 11.1. The van der Waals surface area contributed by atoms with Gasteiger partial charge in [0, 0.05) is 23.0 Å². The Hall–Kier alpha value is -3.22. The third-order valence-electron chi connectivity index (χ3n) is 3.77. The lowest BCUT2D eigenvalue weighted by atomic mass is 9.80. The summed E-state index contributed by atoms with van der Waals surface area (Å²) in [7, 11) is 0. The van der Waals surface area contributed by atoms with E-state index in [1.54, 1.807) is 6.92 Å². The molecule has 0 unspecified atom stereocenters. The van der Waals surface area contributed by atoms with Gasteiger partial charge in [-0.3, -0.25) is 19.7 Å². The third kappa shape index (κ3) is 1.62. The largest absolute Gasteiger partial charge is 0.398 e. The Kier molecular flexibility index (Phi) is 2.74. The number of aryl methyl sites for hydroxylation is 1. The van der Waals surface area contributed by atoms with Gasteiger partial charge in [0.15, 0.2) is 5.78 Å². The van der Waals surface area contributed by atoms with Gasteiger partial charge in [-0.2, -0.15) is 0 Å². The highest BCUT2D eigenvalue weighted by Crippen LogP contribution is 2.38. The number of ketones is 2. The van der Waals surface area contributed by atoms with Crippen LogP contribution < -0.4 is 11.5 Å². The van der Waals surface area contributed by atoms with Crippen LogP contribution >= 0.6 is 0 Å². The van der Waals surface area contributed by atoms with Crippen molar-refractivity contribution >= 4 is 28.6 Å². The maximum atomic E-state index is 12.7. The van der Waals surface area contributed by atoms with Crippen LogP contribution in [-0.4, -0.2) is 16.5 Å². The molecule has 2 aromatic rings. The number of hydrogen-bond donors (Lipinski definition) is 2. The van der Waals surface area contributed by atoms with E-state index in [2.05, 4.69) is 0 Å². The van der Waals surface area contributed by atoms with Crippen LogP contribution in [0.1, 0.15) is 37.4 Å². The molecule has 7 heteroatoms. The van der Waals surface area contributed by atoms with E-state index in [4.69, 9.17) is 11.5 Å². The molecule has 0 spiro atoms.